The van der Waals surface area contributed by atoms with Gasteiger partial charge in [-0.25, -0.2) is 13.9 Å². The Kier molecular flexibility index (Phi) is 9.05. The van der Waals surface area contributed by atoms with E-state index in [4.69, 9.17) is 9.47 Å². The lowest BCUT2D eigenvalue weighted by Crippen LogP contribution is -3.00. The number of amides is 3. The number of carbonyl (C=O) groups is 4. The summed E-state index contributed by atoms with van der Waals surface area (Å²) in [6.45, 7) is 10.8. The Morgan fingerprint density at radius 1 is 1.10 bits per heavy atom. The SMILES string of the molecule is CC(C)(C)OC(=O)C1=C(SN(C(=O)C[n+]2ccccc2)c2nncs2)C2CCN(C(=O)OC(C)(C)C)[C@@H]3C(=O)N1[C@H]23.[Br-]. The molecular formula is C27H33BrN6O6S2. The van der Waals surface area contributed by atoms with Crippen LogP contribution in [0, 0.1) is 5.92 Å². The van der Waals surface area contributed by atoms with Gasteiger partial charge in [0.1, 0.15) is 28.5 Å². The number of pyridine rings is 1. The molecule has 0 saturated carbocycles. The van der Waals surface area contributed by atoms with Crippen molar-refractivity contribution in [3.8, 4) is 0 Å². The lowest BCUT2D eigenvalue weighted by atomic mass is 9.81. The molecule has 2 fully saturated rings. The van der Waals surface area contributed by atoms with Gasteiger partial charge in [-0.15, -0.1) is 10.2 Å². The number of aromatic nitrogens is 3. The number of rotatable bonds is 6. The van der Waals surface area contributed by atoms with E-state index in [1.54, 1.807) is 58.5 Å². The van der Waals surface area contributed by atoms with Crippen LogP contribution in [0.2, 0.25) is 0 Å². The molecule has 3 atom stereocenters. The summed E-state index contributed by atoms with van der Waals surface area (Å²) in [6.07, 6.45) is 3.46. The minimum Gasteiger partial charge on any atom is -1.00 e. The molecule has 5 heterocycles. The van der Waals surface area contributed by atoms with Crippen LogP contribution in [0.25, 0.3) is 0 Å². The summed E-state index contributed by atoms with van der Waals surface area (Å²) in [5, 5.41) is 8.38. The first kappa shape index (κ1) is 31.9. The maximum Gasteiger partial charge on any atom is 0.411 e. The number of nitrogens with zero attached hydrogens (tertiary/aromatic N) is 6. The number of piperidine rings is 1. The van der Waals surface area contributed by atoms with Crippen molar-refractivity contribution in [1.29, 1.82) is 0 Å². The van der Waals surface area contributed by atoms with Crippen LogP contribution < -0.4 is 25.9 Å². The first-order valence-electron chi connectivity index (χ1n) is 13.3. The third kappa shape index (κ3) is 6.32. The van der Waals surface area contributed by atoms with Gasteiger partial charge in [0.25, 0.3) is 5.91 Å². The van der Waals surface area contributed by atoms with E-state index in [2.05, 4.69) is 10.2 Å². The fraction of sp³-hybridized carbons (Fsp3) is 0.519. The molecule has 2 saturated heterocycles. The van der Waals surface area contributed by atoms with Gasteiger partial charge < -0.3 is 26.5 Å². The first-order chi connectivity index (χ1) is 19.2. The summed E-state index contributed by atoms with van der Waals surface area (Å²) in [6, 6.07) is 4.26. The van der Waals surface area contributed by atoms with Crippen LogP contribution in [0.3, 0.4) is 0 Å². The van der Waals surface area contributed by atoms with E-state index in [0.29, 0.717) is 16.5 Å². The van der Waals surface area contributed by atoms with E-state index in [-0.39, 0.29) is 53.5 Å². The molecular weight excluding hydrogens is 648 g/mol. The number of hydrogen-bond acceptors (Lipinski definition) is 10. The predicted molar refractivity (Wildman–Crippen MR) is 150 cm³/mol. The number of hydrogen-bond donors (Lipinski definition) is 0. The highest BCUT2D eigenvalue weighted by Gasteiger charge is 2.65. The number of esters is 1. The molecule has 3 aliphatic heterocycles. The van der Waals surface area contributed by atoms with Crippen LogP contribution in [0.1, 0.15) is 48.0 Å². The van der Waals surface area contributed by atoms with Gasteiger partial charge in [-0.05, 0) is 59.9 Å². The van der Waals surface area contributed by atoms with E-state index in [1.807, 2.05) is 18.2 Å². The number of carbonyl (C=O) groups excluding carboxylic acids is 4. The van der Waals surface area contributed by atoms with Gasteiger partial charge in [0.05, 0.1) is 6.04 Å². The van der Waals surface area contributed by atoms with Gasteiger partial charge in [-0.1, -0.05) is 17.4 Å². The summed E-state index contributed by atoms with van der Waals surface area (Å²) >= 11 is 2.25. The lowest BCUT2D eigenvalue weighted by molar-refractivity contribution is -0.684. The lowest BCUT2D eigenvalue weighted by Gasteiger charge is -2.53. The summed E-state index contributed by atoms with van der Waals surface area (Å²) in [4.78, 5) is 57.2. The molecule has 15 heteroatoms. The average molecular weight is 682 g/mol. The van der Waals surface area contributed by atoms with Crippen molar-refractivity contribution in [2.45, 2.75) is 77.8 Å². The second kappa shape index (κ2) is 11.9. The molecule has 0 bridgehead atoms. The van der Waals surface area contributed by atoms with Crippen molar-refractivity contribution in [2.24, 2.45) is 5.92 Å². The van der Waals surface area contributed by atoms with E-state index in [9.17, 15) is 19.2 Å². The van der Waals surface area contributed by atoms with Crippen LogP contribution in [0.4, 0.5) is 9.93 Å². The maximum atomic E-state index is 13.6. The summed E-state index contributed by atoms with van der Waals surface area (Å²) in [5.41, 5.74) is 0.0794. The molecule has 0 radical (unpaired) electrons. The standard InChI is InChI=1S/C27H33N6O6S2.BrH/c1-26(2,3)38-23(36)20-21(41-33(24-29-28-15-40-24)17(34)14-30-11-8-7-9-12-30)16-10-13-31(25(37)39-27(4,5)6)19-18(16)32(20)22(19)35;/h7-9,11-12,15-16,18-19H,10,13-14H2,1-6H3;1H/q+1;/p-1/t16?,18-,19+;/m1./s1. The minimum atomic E-state index is -0.817. The van der Waals surface area contributed by atoms with Crippen molar-refractivity contribution in [1.82, 2.24) is 20.0 Å². The van der Waals surface area contributed by atoms with Crippen molar-refractivity contribution in [3.05, 3.63) is 46.7 Å². The number of halogens is 1. The van der Waals surface area contributed by atoms with Crippen molar-refractivity contribution in [2.75, 3.05) is 10.8 Å². The summed E-state index contributed by atoms with van der Waals surface area (Å²) < 4.78 is 14.5. The molecule has 226 valence electrons. The quantitative estimate of drug-likeness (QED) is 0.178. The Balaban J connectivity index is 0.00000405. The predicted octanol–water partition coefficient (Wildman–Crippen LogP) is -0.0857. The third-order valence-electron chi connectivity index (χ3n) is 6.61. The number of likely N-dealkylation sites (tertiary alicyclic amines) is 1. The van der Waals surface area contributed by atoms with Crippen LogP contribution in [-0.2, 0) is 30.4 Å². The second-order valence-corrected chi connectivity index (χ2v) is 13.8. The largest absolute Gasteiger partial charge is 1.00 e. The molecule has 1 unspecified atom stereocenters. The molecule has 2 aromatic rings. The molecule has 0 N–H and O–H groups in total. The van der Waals surface area contributed by atoms with Gasteiger partial charge in [0.15, 0.2) is 12.4 Å². The van der Waals surface area contributed by atoms with Crippen molar-refractivity contribution < 1.29 is 50.2 Å². The Morgan fingerprint density at radius 2 is 1.76 bits per heavy atom. The zero-order valence-corrected chi connectivity index (χ0v) is 27.4. The third-order valence-corrected chi connectivity index (χ3v) is 8.65. The van der Waals surface area contributed by atoms with Gasteiger partial charge in [-0.3, -0.25) is 19.4 Å². The van der Waals surface area contributed by atoms with E-state index < -0.39 is 35.3 Å². The monoisotopic (exact) mass is 680 g/mol. The van der Waals surface area contributed by atoms with Gasteiger partial charge in [0, 0.05) is 29.5 Å². The van der Waals surface area contributed by atoms with Gasteiger partial charge >= 0.3 is 18.0 Å². The van der Waals surface area contributed by atoms with E-state index >= 15 is 0 Å². The van der Waals surface area contributed by atoms with Crippen LogP contribution in [-0.4, -0.2) is 73.7 Å². The minimum absolute atomic E-state index is 0. The Morgan fingerprint density at radius 3 is 2.36 bits per heavy atom. The van der Waals surface area contributed by atoms with E-state index in [1.165, 1.54) is 31.0 Å². The average Bonchev–Trinajstić information content (AvgIpc) is 3.50. The number of β-lactam (4-membered cyclic amide) rings is 1. The maximum absolute atomic E-state index is 13.6. The molecule has 2 aromatic heterocycles. The molecule has 42 heavy (non-hydrogen) atoms. The summed E-state index contributed by atoms with van der Waals surface area (Å²) in [7, 11) is 0. The molecule has 12 nitrogen and oxygen atoms in total. The summed E-state index contributed by atoms with van der Waals surface area (Å²) in [5.74, 6) is -1.62. The van der Waals surface area contributed by atoms with Crippen molar-refractivity contribution >= 4 is 52.3 Å². The van der Waals surface area contributed by atoms with Crippen LogP contribution >= 0.6 is 23.3 Å². The highest BCUT2D eigenvalue weighted by Crippen LogP contribution is 2.54. The highest BCUT2D eigenvalue weighted by atomic mass is 79.9. The van der Waals surface area contributed by atoms with Crippen LogP contribution in [0.5, 0.6) is 0 Å². The number of ether oxygens (including phenoxy) is 2. The Labute approximate surface area is 262 Å². The fourth-order valence-corrected chi connectivity index (χ4v) is 6.97. The number of anilines is 1. The highest BCUT2D eigenvalue weighted by molar-refractivity contribution is 8.05. The molecule has 3 aliphatic rings. The zero-order valence-electron chi connectivity index (χ0n) is 24.1. The Bertz CT molecular complexity index is 1390. The van der Waals surface area contributed by atoms with Gasteiger partial charge in [-0.2, -0.15) is 4.57 Å². The Hall–Kier alpha value is -3.04. The second-order valence-electron chi connectivity index (χ2n) is 12.0. The zero-order chi connectivity index (χ0) is 29.7. The smallest absolute Gasteiger partial charge is 0.411 e. The normalized spacial score (nSPS) is 21.3. The topological polar surface area (TPSA) is 126 Å². The first-order valence-corrected chi connectivity index (χ1v) is 14.9. The fourth-order valence-electron chi connectivity index (χ4n) is 5.11. The molecule has 0 aliphatic carbocycles. The molecule has 0 spiro atoms. The van der Waals surface area contributed by atoms with Crippen molar-refractivity contribution in [3.63, 3.8) is 0 Å². The molecule has 5 rings (SSSR count). The molecule has 3 amide bonds. The van der Waals surface area contributed by atoms with Crippen LogP contribution in [0.15, 0.2) is 46.7 Å². The van der Waals surface area contributed by atoms with E-state index in [0.717, 1.165) is 11.9 Å². The van der Waals surface area contributed by atoms with Gasteiger partial charge in [0.2, 0.25) is 11.7 Å². The molecule has 0 aromatic carbocycles.